The molecule has 5 nitrogen and oxygen atoms in total. The molecule has 11 atom stereocenters. The third-order valence-corrected chi connectivity index (χ3v) is 13.9. The number of carbonyl (C=O) groups excluding carboxylic acids is 1. The average molecular weight is 515 g/mol. The Morgan fingerprint density at radius 1 is 0.865 bits per heavy atom. The van der Waals surface area contributed by atoms with Crippen LogP contribution in [0.15, 0.2) is 12.2 Å². The summed E-state index contributed by atoms with van der Waals surface area (Å²) >= 11 is 0. The predicted molar refractivity (Wildman–Crippen MR) is 144 cm³/mol. The summed E-state index contributed by atoms with van der Waals surface area (Å²) in [5.74, 6) is 0.897. The monoisotopic (exact) mass is 514 g/mol. The first kappa shape index (κ1) is 27.2. The summed E-state index contributed by atoms with van der Waals surface area (Å²) in [6.45, 7) is 17.7. The van der Waals surface area contributed by atoms with Crippen molar-refractivity contribution in [3.63, 3.8) is 0 Å². The fourth-order valence-corrected chi connectivity index (χ4v) is 11.9. The van der Waals surface area contributed by atoms with Gasteiger partial charge in [0.15, 0.2) is 0 Å². The normalized spacial score (nSPS) is 52.7. The standard InChI is InChI=1S/C32H50O5/c1-19(2)21-10-15-32(27(35)36)17-16-30(6)22(26(21)32)8-9-24-28(4)13-12-25(37-20(3)34)29(5,18-33)23(28)11-14-31(24,30)7/h21-26,33H,1,8-18H2,2-7H3,(H,35,36)/t21-,22?,23+,24+,25?,26+,28-,29?,30+,31+,32-/m0/s1. The number of hydrogen-bond acceptors (Lipinski definition) is 4. The van der Waals surface area contributed by atoms with Gasteiger partial charge in [0, 0.05) is 12.3 Å². The van der Waals surface area contributed by atoms with Crippen molar-refractivity contribution in [3.8, 4) is 0 Å². The van der Waals surface area contributed by atoms with Gasteiger partial charge in [-0.25, -0.2) is 0 Å². The molecule has 2 N–H and O–H groups in total. The van der Waals surface area contributed by atoms with E-state index in [2.05, 4.69) is 41.2 Å². The lowest BCUT2D eigenvalue weighted by molar-refractivity contribution is -0.256. The number of ether oxygens (including phenoxy) is 1. The number of carbonyl (C=O) groups is 2. The minimum Gasteiger partial charge on any atom is -0.481 e. The topological polar surface area (TPSA) is 83.8 Å². The van der Waals surface area contributed by atoms with Crippen LogP contribution in [0.1, 0.15) is 106 Å². The van der Waals surface area contributed by atoms with E-state index in [1.54, 1.807) is 0 Å². The maximum atomic E-state index is 12.8. The number of allylic oxidation sites excluding steroid dienone is 1. The van der Waals surface area contributed by atoms with E-state index < -0.39 is 16.8 Å². The largest absolute Gasteiger partial charge is 0.481 e. The van der Waals surface area contributed by atoms with Crippen LogP contribution in [0.2, 0.25) is 0 Å². The van der Waals surface area contributed by atoms with Crippen molar-refractivity contribution in [1.82, 2.24) is 0 Å². The third-order valence-electron chi connectivity index (χ3n) is 13.9. The molecule has 5 heteroatoms. The molecule has 5 rings (SSSR count). The third kappa shape index (κ3) is 3.37. The van der Waals surface area contributed by atoms with E-state index in [0.29, 0.717) is 23.7 Å². The van der Waals surface area contributed by atoms with Gasteiger partial charge in [-0.1, -0.05) is 39.8 Å². The second kappa shape index (κ2) is 8.57. The molecule has 208 valence electrons. The Hall–Kier alpha value is -1.36. The molecule has 5 aliphatic carbocycles. The minimum atomic E-state index is -0.588. The molecule has 3 unspecified atom stereocenters. The highest BCUT2D eigenvalue weighted by atomic mass is 16.5. The lowest BCUT2D eigenvalue weighted by atomic mass is 9.32. The highest BCUT2D eigenvalue weighted by molar-refractivity contribution is 5.76. The number of aliphatic hydroxyl groups excluding tert-OH is 1. The minimum absolute atomic E-state index is 0.0397. The van der Waals surface area contributed by atoms with Crippen molar-refractivity contribution >= 4 is 11.9 Å². The molecule has 0 saturated heterocycles. The van der Waals surface area contributed by atoms with Crippen molar-refractivity contribution in [2.75, 3.05) is 6.61 Å². The molecule has 5 fully saturated rings. The fourth-order valence-electron chi connectivity index (χ4n) is 11.9. The van der Waals surface area contributed by atoms with Crippen molar-refractivity contribution in [1.29, 1.82) is 0 Å². The zero-order chi connectivity index (χ0) is 27.2. The highest BCUT2D eigenvalue weighted by Crippen LogP contribution is 2.77. The highest BCUT2D eigenvalue weighted by Gasteiger charge is 2.72. The molecule has 0 aromatic heterocycles. The van der Waals surface area contributed by atoms with E-state index in [1.165, 1.54) is 12.5 Å². The second-order valence-corrected chi connectivity index (χ2v) is 14.9. The van der Waals surface area contributed by atoms with E-state index >= 15 is 0 Å². The summed E-state index contributed by atoms with van der Waals surface area (Å²) < 4.78 is 5.81. The van der Waals surface area contributed by atoms with Gasteiger partial charge in [-0.05, 0) is 117 Å². The van der Waals surface area contributed by atoms with Crippen LogP contribution >= 0.6 is 0 Å². The summed E-state index contributed by atoms with van der Waals surface area (Å²) in [7, 11) is 0. The maximum absolute atomic E-state index is 12.8. The SMILES string of the molecule is C=C(C)[C@@H]1CC[C@]2(C(=O)O)CC[C@]3(C)C(CC[C@@H]4[C@@]5(C)CCC(OC(C)=O)C(C)(CO)[C@@H]5CC[C@]43C)[C@@H]12. The lowest BCUT2D eigenvalue weighted by Crippen LogP contribution is -2.68. The van der Waals surface area contributed by atoms with Gasteiger partial charge < -0.3 is 14.9 Å². The van der Waals surface area contributed by atoms with Crippen LogP contribution in [0.3, 0.4) is 0 Å². The first-order chi connectivity index (χ1) is 17.2. The molecule has 0 aromatic carbocycles. The molecule has 5 saturated carbocycles. The van der Waals surface area contributed by atoms with Gasteiger partial charge in [-0.15, -0.1) is 0 Å². The molecular weight excluding hydrogens is 464 g/mol. The van der Waals surface area contributed by atoms with Crippen molar-refractivity contribution in [2.24, 2.45) is 56.7 Å². The van der Waals surface area contributed by atoms with E-state index in [0.717, 1.165) is 64.2 Å². The van der Waals surface area contributed by atoms with Crippen molar-refractivity contribution < 1.29 is 24.5 Å². The van der Waals surface area contributed by atoms with E-state index in [1.807, 2.05) is 0 Å². The molecule has 0 amide bonds. The van der Waals surface area contributed by atoms with Gasteiger partial charge in [-0.3, -0.25) is 9.59 Å². The van der Waals surface area contributed by atoms with Crippen LogP contribution in [0, 0.1) is 56.7 Å². The molecule has 0 aliphatic heterocycles. The molecule has 5 aliphatic rings. The van der Waals surface area contributed by atoms with E-state index in [-0.39, 0.29) is 40.8 Å². The molecule has 0 radical (unpaired) electrons. The van der Waals surface area contributed by atoms with Crippen LogP contribution in [-0.4, -0.2) is 34.9 Å². The maximum Gasteiger partial charge on any atom is 0.309 e. The zero-order valence-corrected chi connectivity index (χ0v) is 24.1. The second-order valence-electron chi connectivity index (χ2n) is 14.9. The fraction of sp³-hybridized carbons (Fsp3) is 0.875. The van der Waals surface area contributed by atoms with Gasteiger partial charge >= 0.3 is 11.9 Å². The Morgan fingerprint density at radius 3 is 2.16 bits per heavy atom. The number of fused-ring (bicyclic) bond motifs is 7. The van der Waals surface area contributed by atoms with E-state index in [9.17, 15) is 19.8 Å². The molecule has 0 bridgehead atoms. The van der Waals surface area contributed by atoms with Crippen LogP contribution in [-0.2, 0) is 14.3 Å². The van der Waals surface area contributed by atoms with Crippen LogP contribution in [0.4, 0.5) is 0 Å². The van der Waals surface area contributed by atoms with Gasteiger partial charge in [0.25, 0.3) is 0 Å². The van der Waals surface area contributed by atoms with Crippen LogP contribution in [0.25, 0.3) is 0 Å². The number of esters is 1. The van der Waals surface area contributed by atoms with Gasteiger partial charge in [0.2, 0.25) is 0 Å². The first-order valence-electron chi connectivity index (χ1n) is 14.9. The quantitative estimate of drug-likeness (QED) is 0.325. The van der Waals surface area contributed by atoms with Gasteiger partial charge in [0.1, 0.15) is 6.10 Å². The number of aliphatic hydroxyl groups is 1. The Kier molecular flexibility index (Phi) is 6.30. The number of carboxylic acids is 1. The van der Waals surface area contributed by atoms with Crippen molar-refractivity contribution in [2.45, 2.75) is 112 Å². The summed E-state index contributed by atoms with van der Waals surface area (Å²) in [6.07, 6.45) is 9.46. The van der Waals surface area contributed by atoms with Crippen LogP contribution < -0.4 is 0 Å². The number of rotatable bonds is 4. The Morgan fingerprint density at radius 2 is 1.57 bits per heavy atom. The summed E-state index contributed by atoms with van der Waals surface area (Å²) in [5.41, 5.74) is 0.435. The molecule has 37 heavy (non-hydrogen) atoms. The molecule has 0 aromatic rings. The molecule has 0 spiro atoms. The van der Waals surface area contributed by atoms with Crippen LogP contribution in [0.5, 0.6) is 0 Å². The zero-order valence-electron chi connectivity index (χ0n) is 24.1. The van der Waals surface area contributed by atoms with E-state index in [4.69, 9.17) is 4.74 Å². The summed E-state index contributed by atoms with van der Waals surface area (Å²) in [6, 6.07) is 0. The summed E-state index contributed by atoms with van der Waals surface area (Å²) in [5, 5.41) is 21.2. The number of aliphatic carboxylic acids is 1. The molecular formula is C32H50O5. The number of hydrogen-bond donors (Lipinski definition) is 2. The van der Waals surface area contributed by atoms with Crippen molar-refractivity contribution in [3.05, 3.63) is 12.2 Å². The Bertz CT molecular complexity index is 990. The average Bonchev–Trinajstić information content (AvgIpc) is 3.23. The first-order valence-corrected chi connectivity index (χ1v) is 14.9. The summed E-state index contributed by atoms with van der Waals surface area (Å²) in [4.78, 5) is 24.8. The van der Waals surface area contributed by atoms with Gasteiger partial charge in [0.05, 0.1) is 12.0 Å². The van der Waals surface area contributed by atoms with Gasteiger partial charge in [-0.2, -0.15) is 0 Å². The smallest absolute Gasteiger partial charge is 0.309 e. The Balaban J connectivity index is 1.53. The Labute approximate surface area is 223 Å². The predicted octanol–water partition coefficient (Wildman–Crippen LogP) is 6.63. The molecule has 0 heterocycles. The lowest BCUT2D eigenvalue weighted by Gasteiger charge is -2.72. The number of carboxylic acid groups (broad SMARTS) is 1.